The molecule has 7 heteroatoms. The third kappa shape index (κ3) is 3.91. The maximum Gasteiger partial charge on any atom is 0.317 e. The van der Waals surface area contributed by atoms with Gasteiger partial charge in [0.05, 0.1) is 22.2 Å². The van der Waals surface area contributed by atoms with Crippen molar-refractivity contribution in [1.29, 1.82) is 0 Å². The number of hydrogen-bond acceptors (Lipinski definition) is 3. The number of carboxylic acid groups (broad SMARTS) is 1. The van der Waals surface area contributed by atoms with E-state index in [9.17, 15) is 9.59 Å². The van der Waals surface area contributed by atoms with Crippen molar-refractivity contribution in [2.45, 2.75) is 31.8 Å². The molecular formula is C15H18Cl2N2O3. The van der Waals surface area contributed by atoms with Gasteiger partial charge in [0.1, 0.15) is 0 Å². The molecule has 2 N–H and O–H groups in total. The second kappa shape index (κ2) is 7.31. The van der Waals surface area contributed by atoms with Gasteiger partial charge in [0.25, 0.3) is 5.91 Å². The van der Waals surface area contributed by atoms with Gasteiger partial charge in [0.2, 0.25) is 0 Å². The van der Waals surface area contributed by atoms with E-state index < -0.39 is 5.97 Å². The van der Waals surface area contributed by atoms with Crippen molar-refractivity contribution in [2.24, 2.45) is 0 Å². The minimum atomic E-state index is -0.836. The Balaban J connectivity index is 1.90. The SMILES string of the molecule is CCN(CC(=O)O)C1CC(NC(=O)c2c(Cl)cccc2Cl)C1. The molecule has 5 nitrogen and oxygen atoms in total. The minimum Gasteiger partial charge on any atom is -0.480 e. The summed E-state index contributed by atoms with van der Waals surface area (Å²) in [5.41, 5.74) is 0.284. The smallest absolute Gasteiger partial charge is 0.317 e. The highest BCUT2D eigenvalue weighted by molar-refractivity contribution is 6.39. The number of nitrogens with one attached hydrogen (secondary N) is 1. The fourth-order valence-electron chi connectivity index (χ4n) is 2.65. The van der Waals surface area contributed by atoms with Gasteiger partial charge in [0, 0.05) is 12.1 Å². The van der Waals surface area contributed by atoms with Crippen molar-refractivity contribution in [1.82, 2.24) is 10.2 Å². The van der Waals surface area contributed by atoms with Crippen molar-refractivity contribution in [2.75, 3.05) is 13.1 Å². The lowest BCUT2D eigenvalue weighted by atomic mass is 9.85. The molecule has 0 radical (unpaired) electrons. The lowest BCUT2D eigenvalue weighted by molar-refractivity contribution is -0.139. The monoisotopic (exact) mass is 344 g/mol. The number of carboxylic acids is 1. The Hall–Kier alpha value is -1.30. The van der Waals surface area contributed by atoms with Crippen LogP contribution in [0.3, 0.4) is 0 Å². The van der Waals surface area contributed by atoms with Gasteiger partial charge >= 0.3 is 5.97 Å². The second-order valence-corrected chi connectivity index (χ2v) is 6.16. The molecule has 0 saturated heterocycles. The van der Waals surface area contributed by atoms with Gasteiger partial charge in [-0.3, -0.25) is 14.5 Å². The van der Waals surface area contributed by atoms with Crippen molar-refractivity contribution >= 4 is 35.1 Å². The largest absolute Gasteiger partial charge is 0.480 e. The van der Waals surface area contributed by atoms with Crippen LogP contribution in [0, 0.1) is 0 Å². The van der Waals surface area contributed by atoms with E-state index in [4.69, 9.17) is 28.3 Å². The number of benzene rings is 1. The van der Waals surface area contributed by atoms with E-state index in [-0.39, 0.29) is 30.1 Å². The number of carbonyl (C=O) groups excluding carboxylic acids is 1. The van der Waals surface area contributed by atoms with E-state index in [0.717, 1.165) is 12.8 Å². The Morgan fingerprint density at radius 2 is 1.91 bits per heavy atom. The van der Waals surface area contributed by atoms with Crippen molar-refractivity contribution in [3.63, 3.8) is 0 Å². The number of carbonyl (C=O) groups is 2. The van der Waals surface area contributed by atoms with Crippen LogP contribution in [0.25, 0.3) is 0 Å². The highest BCUT2D eigenvalue weighted by atomic mass is 35.5. The zero-order valence-corrected chi connectivity index (χ0v) is 13.7. The summed E-state index contributed by atoms with van der Waals surface area (Å²) >= 11 is 12.0. The van der Waals surface area contributed by atoms with Crippen LogP contribution in [-0.4, -0.2) is 47.1 Å². The number of nitrogens with zero attached hydrogens (tertiary/aromatic N) is 1. The molecule has 0 aromatic heterocycles. The standard InChI is InChI=1S/C15H18Cl2N2O3/c1-2-19(8-13(20)21)10-6-9(7-10)18-15(22)14-11(16)4-3-5-12(14)17/h3-5,9-10H,2,6-8H2,1H3,(H,18,22)(H,20,21). The van der Waals surface area contributed by atoms with Gasteiger partial charge in [-0.1, -0.05) is 36.2 Å². The first kappa shape index (κ1) is 17.1. The zero-order valence-electron chi connectivity index (χ0n) is 12.2. The molecule has 2 rings (SSSR count). The Kier molecular flexibility index (Phi) is 5.67. The third-order valence-electron chi connectivity index (χ3n) is 3.90. The molecule has 1 aliphatic rings. The van der Waals surface area contributed by atoms with E-state index in [1.54, 1.807) is 18.2 Å². The van der Waals surface area contributed by atoms with Crippen molar-refractivity contribution < 1.29 is 14.7 Å². The quantitative estimate of drug-likeness (QED) is 0.832. The summed E-state index contributed by atoms with van der Waals surface area (Å²) in [7, 11) is 0. The van der Waals surface area contributed by atoms with Crippen LogP contribution in [0.4, 0.5) is 0 Å². The van der Waals surface area contributed by atoms with Gasteiger partial charge in [0.15, 0.2) is 0 Å². The fourth-order valence-corrected chi connectivity index (χ4v) is 3.22. The first-order valence-corrected chi connectivity index (χ1v) is 7.88. The van der Waals surface area contributed by atoms with Crippen molar-refractivity contribution in [3.8, 4) is 0 Å². The van der Waals surface area contributed by atoms with Crippen LogP contribution in [0.15, 0.2) is 18.2 Å². The lowest BCUT2D eigenvalue weighted by Crippen LogP contribution is -2.54. The summed E-state index contributed by atoms with van der Waals surface area (Å²) in [6.45, 7) is 2.63. The molecule has 1 amide bonds. The van der Waals surface area contributed by atoms with Crippen LogP contribution in [0.2, 0.25) is 10.0 Å². The number of halogens is 2. The van der Waals surface area contributed by atoms with Gasteiger partial charge in [-0.25, -0.2) is 0 Å². The van der Waals surface area contributed by atoms with Crippen molar-refractivity contribution in [3.05, 3.63) is 33.8 Å². The van der Waals surface area contributed by atoms with E-state index in [1.807, 2.05) is 11.8 Å². The van der Waals surface area contributed by atoms with E-state index in [0.29, 0.717) is 16.6 Å². The highest BCUT2D eigenvalue weighted by Crippen LogP contribution is 2.28. The number of hydrogen-bond donors (Lipinski definition) is 2. The highest BCUT2D eigenvalue weighted by Gasteiger charge is 2.35. The number of likely N-dealkylation sites (N-methyl/N-ethyl adjacent to an activating group) is 1. The van der Waals surface area contributed by atoms with E-state index in [1.165, 1.54) is 0 Å². The molecular weight excluding hydrogens is 327 g/mol. The van der Waals surface area contributed by atoms with E-state index in [2.05, 4.69) is 5.32 Å². The summed E-state index contributed by atoms with van der Waals surface area (Å²) in [5.74, 6) is -1.13. The first-order chi connectivity index (χ1) is 10.4. The Labute approximate surface area is 139 Å². The van der Waals surface area contributed by atoms with Crippen LogP contribution >= 0.6 is 23.2 Å². The molecule has 1 aromatic carbocycles. The third-order valence-corrected chi connectivity index (χ3v) is 4.53. The summed E-state index contributed by atoms with van der Waals surface area (Å²) in [4.78, 5) is 24.9. The molecule has 0 unspecified atom stereocenters. The van der Waals surface area contributed by atoms with E-state index >= 15 is 0 Å². The molecule has 1 fully saturated rings. The van der Waals surface area contributed by atoms with Crippen LogP contribution in [0.5, 0.6) is 0 Å². The van der Waals surface area contributed by atoms with Gasteiger partial charge in [-0.2, -0.15) is 0 Å². The lowest BCUT2D eigenvalue weighted by Gasteiger charge is -2.42. The van der Waals surface area contributed by atoms with Crippen LogP contribution in [0.1, 0.15) is 30.1 Å². The fraction of sp³-hybridized carbons (Fsp3) is 0.467. The summed E-state index contributed by atoms with van der Waals surface area (Å²) in [6.07, 6.45) is 1.46. The molecule has 0 bridgehead atoms. The Morgan fingerprint density at radius 1 is 1.32 bits per heavy atom. The second-order valence-electron chi connectivity index (χ2n) is 5.35. The topological polar surface area (TPSA) is 69.6 Å². The number of amides is 1. The molecule has 0 atom stereocenters. The first-order valence-electron chi connectivity index (χ1n) is 7.13. The molecule has 22 heavy (non-hydrogen) atoms. The van der Waals surface area contributed by atoms with Gasteiger partial charge in [-0.05, 0) is 31.5 Å². The average molecular weight is 345 g/mol. The summed E-state index contributed by atoms with van der Waals surface area (Å²) in [5, 5.41) is 12.4. The molecule has 0 spiro atoms. The molecule has 0 aliphatic heterocycles. The van der Waals surface area contributed by atoms with Crippen LogP contribution < -0.4 is 5.32 Å². The Bertz CT molecular complexity index is 554. The predicted octanol–water partition coefficient (Wildman–Crippen LogP) is 2.66. The van der Waals surface area contributed by atoms with Crippen LogP contribution in [-0.2, 0) is 4.79 Å². The molecule has 1 aliphatic carbocycles. The van der Waals surface area contributed by atoms with Gasteiger partial charge in [-0.15, -0.1) is 0 Å². The summed E-state index contributed by atoms with van der Waals surface area (Å²) < 4.78 is 0. The minimum absolute atomic E-state index is 0.0210. The average Bonchev–Trinajstić information content (AvgIpc) is 2.39. The number of rotatable bonds is 6. The molecule has 1 saturated carbocycles. The maximum atomic E-state index is 12.2. The predicted molar refractivity (Wildman–Crippen MR) is 85.6 cm³/mol. The number of aliphatic carboxylic acids is 1. The summed E-state index contributed by atoms with van der Waals surface area (Å²) in [6, 6.07) is 5.14. The molecule has 1 aromatic rings. The molecule has 120 valence electrons. The molecule has 0 heterocycles. The van der Waals surface area contributed by atoms with Gasteiger partial charge < -0.3 is 10.4 Å². The zero-order chi connectivity index (χ0) is 16.3. The Morgan fingerprint density at radius 3 is 2.41 bits per heavy atom. The normalized spacial score (nSPS) is 20.5. The maximum absolute atomic E-state index is 12.2.